The van der Waals surface area contributed by atoms with Crippen molar-refractivity contribution in [1.29, 1.82) is 0 Å². The lowest BCUT2D eigenvalue weighted by atomic mass is 9.73. The molecule has 1 aromatic heterocycles. The second-order valence-electron chi connectivity index (χ2n) is 9.89. The molecule has 0 bridgehead atoms. The predicted molar refractivity (Wildman–Crippen MR) is 126 cm³/mol. The van der Waals surface area contributed by atoms with Crippen LogP contribution in [0.2, 0.25) is 0 Å². The van der Waals surface area contributed by atoms with Crippen molar-refractivity contribution in [2.75, 3.05) is 20.2 Å². The van der Waals surface area contributed by atoms with Crippen LogP contribution in [0.1, 0.15) is 62.2 Å². The van der Waals surface area contributed by atoms with Crippen LogP contribution in [-0.2, 0) is 19.9 Å². The molecule has 1 aromatic carbocycles. The van der Waals surface area contributed by atoms with Crippen LogP contribution >= 0.6 is 0 Å². The summed E-state index contributed by atoms with van der Waals surface area (Å²) >= 11 is 0. The third-order valence-electron chi connectivity index (χ3n) is 7.87. The van der Waals surface area contributed by atoms with E-state index in [0.717, 1.165) is 44.9 Å². The summed E-state index contributed by atoms with van der Waals surface area (Å²) in [6.07, 6.45) is 7.87. The van der Waals surface area contributed by atoms with E-state index in [2.05, 4.69) is 10.2 Å². The first-order valence-electron chi connectivity index (χ1n) is 12.2. The quantitative estimate of drug-likeness (QED) is 0.456. The van der Waals surface area contributed by atoms with Gasteiger partial charge in [-0.15, -0.1) is 5.10 Å². The van der Waals surface area contributed by atoms with E-state index in [9.17, 15) is 14.7 Å². The lowest BCUT2D eigenvalue weighted by Crippen LogP contribution is -2.57. The van der Waals surface area contributed by atoms with Crippen molar-refractivity contribution < 1.29 is 23.9 Å². The van der Waals surface area contributed by atoms with E-state index < -0.39 is 23.5 Å². The Bertz CT molecular complexity index is 983. The first-order chi connectivity index (χ1) is 16.4. The molecule has 1 amide bonds. The maximum absolute atomic E-state index is 13.5. The number of aliphatic hydroxyl groups is 1. The highest BCUT2D eigenvalue weighted by molar-refractivity contribution is 5.82. The average Bonchev–Trinajstić information content (AvgIpc) is 3.24. The number of esters is 1. The molecule has 1 saturated heterocycles. The highest BCUT2D eigenvalue weighted by Gasteiger charge is 2.51. The second-order valence-corrected chi connectivity index (χ2v) is 9.89. The molecule has 1 aliphatic carbocycles. The molecule has 1 saturated carbocycles. The van der Waals surface area contributed by atoms with Gasteiger partial charge in [0.05, 0.1) is 13.6 Å². The zero-order chi connectivity index (χ0) is 24.2. The van der Waals surface area contributed by atoms with Gasteiger partial charge in [-0.2, -0.15) is 5.10 Å². The molecule has 3 N–H and O–H groups in total. The molecule has 34 heavy (non-hydrogen) atoms. The van der Waals surface area contributed by atoms with Crippen LogP contribution in [0.25, 0.3) is 0 Å². The number of carbonyl (C=O) groups excluding carboxylic acids is 2. The maximum Gasteiger partial charge on any atom is 0.343 e. The van der Waals surface area contributed by atoms with Gasteiger partial charge in [-0.1, -0.05) is 49.6 Å². The summed E-state index contributed by atoms with van der Waals surface area (Å²) in [7, 11) is 1.96. The Kier molecular flexibility index (Phi) is 7.28. The fourth-order valence-corrected chi connectivity index (χ4v) is 5.95. The topological polar surface area (TPSA) is 115 Å². The van der Waals surface area contributed by atoms with Crippen molar-refractivity contribution in [3.8, 4) is 0 Å². The summed E-state index contributed by atoms with van der Waals surface area (Å²) in [5, 5.41) is 19.9. The molecule has 182 valence electrons. The third kappa shape index (κ3) is 4.57. The minimum Gasteiger partial charge on any atom is -0.457 e. The molecule has 4 atom stereocenters. The molecule has 2 aromatic rings. The number of hydrogen-bond donors (Lipinski definition) is 2. The van der Waals surface area contributed by atoms with E-state index in [1.54, 1.807) is 30.5 Å². The summed E-state index contributed by atoms with van der Waals surface area (Å²) in [5.74, 6) is -1.28. The van der Waals surface area contributed by atoms with Crippen molar-refractivity contribution >= 4 is 11.9 Å². The van der Waals surface area contributed by atoms with E-state index in [0.29, 0.717) is 22.3 Å². The Balaban J connectivity index is 1.56. The Morgan fingerprint density at radius 1 is 1.12 bits per heavy atom. The number of primary amides is 1. The number of aromatic nitrogens is 2. The van der Waals surface area contributed by atoms with Crippen LogP contribution in [0.15, 0.2) is 48.7 Å². The lowest BCUT2D eigenvalue weighted by molar-refractivity contribution is -0.941. The molecular weight excluding hydrogens is 432 g/mol. The van der Waals surface area contributed by atoms with Crippen LogP contribution in [0.5, 0.6) is 0 Å². The molecule has 2 aliphatic rings. The zero-order valence-corrected chi connectivity index (χ0v) is 19.8. The summed E-state index contributed by atoms with van der Waals surface area (Å²) in [4.78, 5) is 26.0. The minimum atomic E-state index is -1.68. The van der Waals surface area contributed by atoms with Gasteiger partial charge in [0.15, 0.2) is 5.60 Å². The molecule has 8 nitrogen and oxygen atoms in total. The van der Waals surface area contributed by atoms with Crippen molar-refractivity contribution in [2.24, 2.45) is 11.7 Å². The first kappa shape index (κ1) is 24.3. The van der Waals surface area contributed by atoms with Gasteiger partial charge < -0.3 is 20.1 Å². The summed E-state index contributed by atoms with van der Waals surface area (Å²) in [6.45, 7) is 0.805. The molecule has 1 aliphatic heterocycles. The molecule has 2 fully saturated rings. The van der Waals surface area contributed by atoms with Crippen molar-refractivity contribution in [2.45, 2.75) is 62.6 Å². The number of nitrogens with zero attached hydrogens (tertiary/aromatic N) is 3. The summed E-state index contributed by atoms with van der Waals surface area (Å²) < 4.78 is 6.17. The van der Waals surface area contributed by atoms with Gasteiger partial charge in [-0.05, 0) is 30.5 Å². The molecular formula is C26H35N4O4+. The van der Waals surface area contributed by atoms with Crippen LogP contribution in [-0.4, -0.2) is 57.9 Å². The number of likely N-dealkylation sites (tertiary alicyclic amines) is 1. The van der Waals surface area contributed by atoms with Crippen LogP contribution in [0.4, 0.5) is 0 Å². The fourth-order valence-electron chi connectivity index (χ4n) is 5.95. The van der Waals surface area contributed by atoms with E-state index in [1.165, 1.54) is 0 Å². The van der Waals surface area contributed by atoms with E-state index >= 15 is 0 Å². The SMILES string of the molecule is C[N+]1(C(C(N)=O)c2cccnn2)CCC[C@@H]1COC(=O)C(O)(c1ccccc1)C1CCCCC1. The van der Waals surface area contributed by atoms with Gasteiger partial charge in [0.25, 0.3) is 5.91 Å². The smallest absolute Gasteiger partial charge is 0.343 e. The highest BCUT2D eigenvalue weighted by Crippen LogP contribution is 2.41. The van der Waals surface area contributed by atoms with E-state index in [-0.39, 0.29) is 18.6 Å². The van der Waals surface area contributed by atoms with Gasteiger partial charge in [-0.3, -0.25) is 4.79 Å². The molecule has 3 unspecified atom stereocenters. The molecule has 2 heterocycles. The van der Waals surface area contributed by atoms with Crippen LogP contribution < -0.4 is 5.73 Å². The van der Waals surface area contributed by atoms with Gasteiger partial charge in [-0.25, -0.2) is 4.79 Å². The monoisotopic (exact) mass is 467 g/mol. The van der Waals surface area contributed by atoms with Crippen LogP contribution in [0, 0.1) is 5.92 Å². The number of quaternary nitrogens is 1. The number of ether oxygens (including phenoxy) is 1. The Hall–Kier alpha value is -2.84. The van der Waals surface area contributed by atoms with Crippen molar-refractivity contribution in [3.63, 3.8) is 0 Å². The maximum atomic E-state index is 13.5. The number of rotatable bonds is 8. The van der Waals surface area contributed by atoms with E-state index in [1.807, 2.05) is 25.2 Å². The van der Waals surface area contributed by atoms with Gasteiger partial charge >= 0.3 is 5.97 Å². The Morgan fingerprint density at radius 3 is 2.50 bits per heavy atom. The largest absolute Gasteiger partial charge is 0.457 e. The number of carbonyl (C=O) groups is 2. The lowest BCUT2D eigenvalue weighted by Gasteiger charge is -2.41. The Labute approximate surface area is 200 Å². The number of benzene rings is 1. The summed E-state index contributed by atoms with van der Waals surface area (Å²) in [5.41, 5.74) is 5.23. The third-order valence-corrected chi connectivity index (χ3v) is 7.87. The fraction of sp³-hybridized carbons (Fsp3) is 0.538. The minimum absolute atomic E-state index is 0.0985. The van der Waals surface area contributed by atoms with Gasteiger partial charge in [0.1, 0.15) is 18.3 Å². The number of hydrogen-bond acceptors (Lipinski definition) is 6. The highest BCUT2D eigenvalue weighted by atomic mass is 16.6. The van der Waals surface area contributed by atoms with Gasteiger partial charge in [0, 0.05) is 25.0 Å². The number of amides is 1. The van der Waals surface area contributed by atoms with Crippen molar-refractivity contribution in [1.82, 2.24) is 10.2 Å². The normalized spacial score (nSPS) is 25.9. The standard InChI is InChI=1S/C26H34N4O4/c1-30(23(24(27)31)22-15-8-16-28-29-22)17-9-14-21(30)18-34-25(32)26(33,19-10-4-2-5-11-19)20-12-6-3-7-13-20/h2,4-5,8,10-11,15-16,20-21,23,33H,3,6-7,9,12-14,17-18H2,1H3,(H-,27,31)/p+1/t21-,23?,26?,30?/m1/s1. The van der Waals surface area contributed by atoms with E-state index in [4.69, 9.17) is 10.5 Å². The molecule has 0 radical (unpaired) electrons. The van der Waals surface area contributed by atoms with Crippen LogP contribution in [0.3, 0.4) is 0 Å². The predicted octanol–water partition coefficient (Wildman–Crippen LogP) is 2.62. The average molecular weight is 468 g/mol. The first-order valence-corrected chi connectivity index (χ1v) is 12.2. The zero-order valence-electron chi connectivity index (χ0n) is 19.8. The summed E-state index contributed by atoms with van der Waals surface area (Å²) in [6, 6.07) is 11.8. The molecule has 4 rings (SSSR count). The van der Waals surface area contributed by atoms with Gasteiger partial charge in [0.2, 0.25) is 6.04 Å². The Morgan fingerprint density at radius 2 is 1.85 bits per heavy atom. The number of nitrogens with two attached hydrogens (primary N) is 1. The molecule has 8 heteroatoms. The number of likely N-dealkylation sites (N-methyl/N-ethyl adjacent to an activating group) is 1. The second kappa shape index (κ2) is 10.2. The molecule has 0 spiro atoms. The van der Waals surface area contributed by atoms with Crippen molar-refractivity contribution in [3.05, 3.63) is 59.9 Å².